The van der Waals surface area contributed by atoms with Gasteiger partial charge in [-0.15, -0.1) is 0 Å². The lowest BCUT2D eigenvalue weighted by Crippen LogP contribution is -2.41. The molecule has 68 valence electrons. The minimum absolute atomic E-state index is 0.0761. The molecule has 3 nitrogen and oxygen atoms in total. The zero-order valence-electron chi connectivity index (χ0n) is 7.32. The molecule has 3 heteroatoms. The third kappa shape index (κ3) is 1.42. The largest absolute Gasteiger partial charge is 0.389 e. The number of carbonyl (C=O) groups excluding carboxylic acids is 1. The fourth-order valence-electron chi connectivity index (χ4n) is 1.52. The van der Waals surface area contributed by atoms with Gasteiger partial charge in [0.2, 0.25) is 0 Å². The summed E-state index contributed by atoms with van der Waals surface area (Å²) in [6, 6.07) is 0. The van der Waals surface area contributed by atoms with Gasteiger partial charge in [-0.3, -0.25) is 4.79 Å². The van der Waals surface area contributed by atoms with Crippen LogP contribution >= 0.6 is 0 Å². The maximum absolute atomic E-state index is 11.2. The fraction of sp³-hybridized carbons (Fsp3) is 0.667. The van der Waals surface area contributed by atoms with E-state index in [0.29, 0.717) is 12.0 Å². The number of hydrogen-bond acceptors (Lipinski definition) is 3. The van der Waals surface area contributed by atoms with Gasteiger partial charge in [0, 0.05) is 0 Å². The molecule has 0 unspecified atom stereocenters. The predicted octanol–water partition coefficient (Wildman–Crippen LogP) is 0.263. The van der Waals surface area contributed by atoms with E-state index < -0.39 is 18.1 Å². The quantitative estimate of drug-likeness (QED) is 0.593. The minimum atomic E-state index is -0.924. The van der Waals surface area contributed by atoms with Gasteiger partial charge >= 0.3 is 0 Å². The highest BCUT2D eigenvalue weighted by Crippen LogP contribution is 2.23. The van der Waals surface area contributed by atoms with Gasteiger partial charge in [-0.1, -0.05) is 6.92 Å². The van der Waals surface area contributed by atoms with Crippen molar-refractivity contribution in [2.45, 2.75) is 32.5 Å². The number of ketones is 1. The highest BCUT2D eigenvalue weighted by atomic mass is 16.3. The molecule has 1 aliphatic rings. The smallest absolute Gasteiger partial charge is 0.161 e. The van der Waals surface area contributed by atoms with E-state index in [9.17, 15) is 15.0 Å². The van der Waals surface area contributed by atoms with Crippen molar-refractivity contribution in [3.63, 3.8) is 0 Å². The minimum Gasteiger partial charge on any atom is -0.389 e. The van der Waals surface area contributed by atoms with E-state index in [1.165, 1.54) is 6.08 Å². The SMILES string of the molecule is CC[C@@H]1C(=O)C=C(C)[C@@H](O)[C@H]1O. The molecule has 2 N–H and O–H groups in total. The predicted molar refractivity (Wildman–Crippen MR) is 44.6 cm³/mol. The van der Waals surface area contributed by atoms with Crippen molar-refractivity contribution < 1.29 is 15.0 Å². The van der Waals surface area contributed by atoms with Gasteiger partial charge in [0.15, 0.2) is 5.78 Å². The molecular formula is C9H14O3. The van der Waals surface area contributed by atoms with E-state index in [2.05, 4.69) is 0 Å². The van der Waals surface area contributed by atoms with Gasteiger partial charge < -0.3 is 10.2 Å². The van der Waals surface area contributed by atoms with Crippen LogP contribution in [0.1, 0.15) is 20.3 Å². The summed E-state index contributed by atoms with van der Waals surface area (Å²) in [5, 5.41) is 18.9. The van der Waals surface area contributed by atoms with Gasteiger partial charge in [-0.25, -0.2) is 0 Å². The second-order valence-corrected chi connectivity index (χ2v) is 3.24. The molecule has 1 rings (SSSR count). The molecule has 0 saturated heterocycles. The number of carbonyl (C=O) groups is 1. The second kappa shape index (κ2) is 3.37. The van der Waals surface area contributed by atoms with Crippen LogP contribution in [-0.2, 0) is 4.79 Å². The lowest BCUT2D eigenvalue weighted by atomic mass is 9.83. The molecule has 0 aromatic heterocycles. The van der Waals surface area contributed by atoms with Gasteiger partial charge in [-0.2, -0.15) is 0 Å². The maximum atomic E-state index is 11.2. The normalized spacial score (nSPS) is 36.5. The van der Waals surface area contributed by atoms with E-state index in [-0.39, 0.29) is 5.78 Å². The molecule has 1 aliphatic carbocycles. The van der Waals surface area contributed by atoms with Crippen LogP contribution in [0.4, 0.5) is 0 Å². The molecule has 0 fully saturated rings. The van der Waals surface area contributed by atoms with Crippen LogP contribution in [0.2, 0.25) is 0 Å². The van der Waals surface area contributed by atoms with Crippen molar-refractivity contribution in [2.75, 3.05) is 0 Å². The summed E-state index contributed by atoms with van der Waals surface area (Å²) in [7, 11) is 0. The third-order valence-electron chi connectivity index (χ3n) is 2.38. The first-order valence-corrected chi connectivity index (χ1v) is 4.16. The lowest BCUT2D eigenvalue weighted by Gasteiger charge is -2.28. The van der Waals surface area contributed by atoms with Crippen molar-refractivity contribution in [3.8, 4) is 0 Å². The van der Waals surface area contributed by atoms with Crippen LogP contribution in [0.5, 0.6) is 0 Å². The van der Waals surface area contributed by atoms with Crippen molar-refractivity contribution >= 4 is 5.78 Å². The van der Waals surface area contributed by atoms with Crippen molar-refractivity contribution in [1.82, 2.24) is 0 Å². The van der Waals surface area contributed by atoms with Crippen LogP contribution in [-0.4, -0.2) is 28.2 Å². The number of rotatable bonds is 1. The van der Waals surface area contributed by atoms with Crippen LogP contribution in [0.3, 0.4) is 0 Å². The van der Waals surface area contributed by atoms with E-state index in [4.69, 9.17) is 0 Å². The number of aliphatic hydroxyl groups is 2. The molecule has 3 atom stereocenters. The van der Waals surface area contributed by atoms with Crippen LogP contribution in [0.25, 0.3) is 0 Å². The zero-order chi connectivity index (χ0) is 9.30. The first kappa shape index (κ1) is 9.42. The Labute approximate surface area is 71.7 Å². The number of aliphatic hydroxyl groups excluding tert-OH is 2. The molecule has 0 heterocycles. The molecule has 0 aromatic carbocycles. The van der Waals surface area contributed by atoms with Crippen molar-refractivity contribution in [2.24, 2.45) is 5.92 Å². The van der Waals surface area contributed by atoms with Gasteiger partial charge in [0.1, 0.15) is 6.10 Å². The van der Waals surface area contributed by atoms with Gasteiger partial charge in [0.05, 0.1) is 12.0 Å². The summed E-state index contributed by atoms with van der Waals surface area (Å²) in [5.41, 5.74) is 0.553. The molecule has 0 amide bonds. The first-order valence-electron chi connectivity index (χ1n) is 4.16. The average Bonchev–Trinajstić information content (AvgIpc) is 2.01. The Morgan fingerprint density at radius 2 is 2.08 bits per heavy atom. The average molecular weight is 170 g/mol. The zero-order valence-corrected chi connectivity index (χ0v) is 7.32. The summed E-state index contributed by atoms with van der Waals surface area (Å²) in [6.07, 6.45) is 0.201. The topological polar surface area (TPSA) is 57.5 Å². The summed E-state index contributed by atoms with van der Waals surface area (Å²) >= 11 is 0. The van der Waals surface area contributed by atoms with E-state index in [1.807, 2.05) is 6.92 Å². The van der Waals surface area contributed by atoms with E-state index in [1.54, 1.807) is 6.92 Å². The van der Waals surface area contributed by atoms with Gasteiger partial charge in [-0.05, 0) is 25.0 Å². The Balaban J connectivity index is 2.90. The lowest BCUT2D eigenvalue weighted by molar-refractivity contribution is -0.126. The molecule has 0 saturated carbocycles. The second-order valence-electron chi connectivity index (χ2n) is 3.24. The Morgan fingerprint density at radius 1 is 1.50 bits per heavy atom. The van der Waals surface area contributed by atoms with Crippen molar-refractivity contribution in [1.29, 1.82) is 0 Å². The highest BCUT2D eigenvalue weighted by Gasteiger charge is 2.34. The van der Waals surface area contributed by atoms with E-state index >= 15 is 0 Å². The molecule has 0 radical (unpaired) electrons. The standard InChI is InChI=1S/C9H14O3/c1-3-6-7(10)4-5(2)8(11)9(6)12/h4,6,8-9,11-12H,3H2,1-2H3/t6-,8-,9+/m1/s1. The van der Waals surface area contributed by atoms with Gasteiger partial charge in [0.25, 0.3) is 0 Å². The fourth-order valence-corrected chi connectivity index (χ4v) is 1.52. The number of allylic oxidation sites excluding steroid dienone is 1. The molecule has 0 aliphatic heterocycles. The Hall–Kier alpha value is -0.670. The summed E-state index contributed by atoms with van der Waals surface area (Å²) < 4.78 is 0. The first-order chi connectivity index (χ1) is 5.57. The van der Waals surface area contributed by atoms with Crippen molar-refractivity contribution in [3.05, 3.63) is 11.6 Å². The molecule has 0 aromatic rings. The Kier molecular flexibility index (Phi) is 2.65. The van der Waals surface area contributed by atoms with E-state index in [0.717, 1.165) is 0 Å². The monoisotopic (exact) mass is 170 g/mol. The summed E-state index contributed by atoms with van der Waals surface area (Å²) in [5.74, 6) is -0.503. The molecule has 0 spiro atoms. The van der Waals surface area contributed by atoms with Crippen LogP contribution in [0.15, 0.2) is 11.6 Å². The molecule has 0 bridgehead atoms. The summed E-state index contributed by atoms with van der Waals surface area (Å²) in [6.45, 7) is 3.48. The molecule has 12 heavy (non-hydrogen) atoms. The maximum Gasteiger partial charge on any atom is 0.161 e. The Bertz CT molecular complexity index is 220. The van der Waals surface area contributed by atoms with Crippen LogP contribution < -0.4 is 0 Å². The Morgan fingerprint density at radius 3 is 2.58 bits per heavy atom. The highest BCUT2D eigenvalue weighted by molar-refractivity contribution is 5.94. The summed E-state index contributed by atoms with van der Waals surface area (Å²) in [4.78, 5) is 11.2. The van der Waals surface area contributed by atoms with Crippen LogP contribution in [0, 0.1) is 5.92 Å². The molecular weight excluding hydrogens is 156 g/mol. The third-order valence-corrected chi connectivity index (χ3v) is 2.38. The number of hydrogen-bond donors (Lipinski definition) is 2.